The van der Waals surface area contributed by atoms with Crippen LogP contribution in [0.5, 0.6) is 11.5 Å². The molecule has 1 aromatic carbocycles. The van der Waals surface area contributed by atoms with Gasteiger partial charge >= 0.3 is 0 Å². The minimum atomic E-state index is 0. The zero-order valence-corrected chi connectivity index (χ0v) is 16.3. The lowest BCUT2D eigenvalue weighted by Gasteiger charge is -2.17. The monoisotopic (exact) mass is 435 g/mol. The third-order valence-electron chi connectivity index (χ3n) is 3.68. The van der Waals surface area contributed by atoms with Crippen molar-refractivity contribution < 1.29 is 14.2 Å². The van der Waals surface area contributed by atoms with E-state index in [1.807, 2.05) is 18.2 Å². The van der Waals surface area contributed by atoms with Gasteiger partial charge in [-0.25, -0.2) is 0 Å². The summed E-state index contributed by atoms with van der Waals surface area (Å²) in [7, 11) is 5.04. The van der Waals surface area contributed by atoms with Crippen LogP contribution in [0.3, 0.4) is 0 Å². The Morgan fingerprint density at radius 2 is 2.13 bits per heavy atom. The largest absolute Gasteiger partial charge is 0.493 e. The molecular formula is C16H26IN3O3. The summed E-state index contributed by atoms with van der Waals surface area (Å²) < 4.78 is 16.3. The van der Waals surface area contributed by atoms with Gasteiger partial charge in [-0.1, -0.05) is 12.1 Å². The highest BCUT2D eigenvalue weighted by atomic mass is 127. The molecule has 6 nitrogen and oxygen atoms in total. The number of nitrogens with one attached hydrogen (secondary N) is 2. The van der Waals surface area contributed by atoms with Gasteiger partial charge in [0, 0.05) is 32.3 Å². The number of para-hydroxylation sites is 1. The van der Waals surface area contributed by atoms with Crippen molar-refractivity contribution in [3.05, 3.63) is 23.8 Å². The molecule has 7 heteroatoms. The third-order valence-corrected chi connectivity index (χ3v) is 3.68. The van der Waals surface area contributed by atoms with Crippen molar-refractivity contribution in [3.8, 4) is 11.5 Å². The average molecular weight is 435 g/mol. The van der Waals surface area contributed by atoms with E-state index in [1.54, 1.807) is 21.3 Å². The Kier molecular flexibility index (Phi) is 9.08. The smallest absolute Gasteiger partial charge is 0.191 e. The van der Waals surface area contributed by atoms with E-state index in [0.717, 1.165) is 49.0 Å². The van der Waals surface area contributed by atoms with Crippen molar-refractivity contribution in [2.45, 2.75) is 25.5 Å². The number of halogens is 1. The van der Waals surface area contributed by atoms with E-state index in [1.165, 1.54) is 0 Å². The first-order valence-corrected chi connectivity index (χ1v) is 7.54. The van der Waals surface area contributed by atoms with Gasteiger partial charge in [0.1, 0.15) is 0 Å². The van der Waals surface area contributed by atoms with Crippen molar-refractivity contribution >= 4 is 29.9 Å². The van der Waals surface area contributed by atoms with Gasteiger partial charge in [-0.05, 0) is 18.9 Å². The first-order chi connectivity index (χ1) is 10.8. The molecule has 130 valence electrons. The summed E-state index contributed by atoms with van der Waals surface area (Å²) in [5.41, 5.74) is 1.02. The fourth-order valence-electron chi connectivity index (χ4n) is 2.51. The molecule has 1 saturated heterocycles. The number of ether oxygens (including phenoxy) is 3. The second kappa shape index (κ2) is 10.5. The van der Waals surface area contributed by atoms with E-state index in [2.05, 4.69) is 15.6 Å². The van der Waals surface area contributed by atoms with Crippen LogP contribution >= 0.6 is 24.0 Å². The second-order valence-electron chi connectivity index (χ2n) is 5.09. The lowest BCUT2D eigenvalue weighted by atomic mass is 10.2. The van der Waals surface area contributed by atoms with Crippen molar-refractivity contribution in [3.63, 3.8) is 0 Å². The van der Waals surface area contributed by atoms with Crippen LogP contribution in [0.15, 0.2) is 23.2 Å². The maximum absolute atomic E-state index is 5.60. The fraction of sp³-hybridized carbons (Fsp3) is 0.562. The van der Waals surface area contributed by atoms with Crippen LogP contribution in [0.4, 0.5) is 0 Å². The lowest BCUT2D eigenvalue weighted by molar-refractivity contribution is 0.114. The van der Waals surface area contributed by atoms with Crippen LogP contribution in [-0.2, 0) is 11.3 Å². The van der Waals surface area contributed by atoms with Crippen LogP contribution in [0, 0.1) is 0 Å². The fourth-order valence-corrected chi connectivity index (χ4v) is 2.51. The lowest BCUT2D eigenvalue weighted by Crippen LogP contribution is -2.40. The van der Waals surface area contributed by atoms with Crippen LogP contribution in [-0.4, -0.2) is 46.5 Å². The van der Waals surface area contributed by atoms with E-state index >= 15 is 0 Å². The van der Waals surface area contributed by atoms with E-state index in [0.29, 0.717) is 6.54 Å². The van der Waals surface area contributed by atoms with Gasteiger partial charge < -0.3 is 24.8 Å². The molecule has 2 rings (SSSR count). The standard InChI is InChI=1S/C16H25N3O3.HI/c1-17-16(19-11-13-7-5-9-22-13)18-10-12-6-4-8-14(20-2)15(12)21-3;/h4,6,8,13H,5,7,9-11H2,1-3H3,(H2,17,18,19);1H. The van der Waals surface area contributed by atoms with Gasteiger partial charge in [-0.3, -0.25) is 4.99 Å². The quantitative estimate of drug-likeness (QED) is 0.408. The third kappa shape index (κ3) is 5.72. The van der Waals surface area contributed by atoms with E-state index < -0.39 is 0 Å². The molecule has 23 heavy (non-hydrogen) atoms. The minimum absolute atomic E-state index is 0. The SMILES string of the molecule is CN=C(NCc1cccc(OC)c1OC)NCC1CCCO1.I. The van der Waals surface area contributed by atoms with E-state index in [4.69, 9.17) is 14.2 Å². The maximum Gasteiger partial charge on any atom is 0.191 e. The molecule has 0 aromatic heterocycles. The molecule has 1 atom stereocenters. The summed E-state index contributed by atoms with van der Waals surface area (Å²) in [6, 6.07) is 5.83. The first kappa shape index (κ1) is 19.8. The molecule has 0 saturated carbocycles. The van der Waals surface area contributed by atoms with Gasteiger partial charge in [-0.15, -0.1) is 24.0 Å². The van der Waals surface area contributed by atoms with Crippen molar-refractivity contribution in [2.75, 3.05) is 34.4 Å². The molecular weight excluding hydrogens is 409 g/mol. The number of hydrogen-bond donors (Lipinski definition) is 2. The van der Waals surface area contributed by atoms with Gasteiger partial charge in [0.15, 0.2) is 17.5 Å². The molecule has 1 aliphatic rings. The number of nitrogens with zero attached hydrogens (tertiary/aromatic N) is 1. The maximum atomic E-state index is 5.60. The summed E-state index contributed by atoms with van der Waals surface area (Å²) in [5, 5.41) is 6.57. The summed E-state index contributed by atoms with van der Waals surface area (Å²) in [6.45, 7) is 2.24. The topological polar surface area (TPSA) is 64.1 Å². The minimum Gasteiger partial charge on any atom is -0.493 e. The van der Waals surface area contributed by atoms with Gasteiger partial charge in [0.05, 0.1) is 20.3 Å². The molecule has 0 aliphatic carbocycles. The number of rotatable bonds is 6. The average Bonchev–Trinajstić information content (AvgIpc) is 3.08. The number of hydrogen-bond acceptors (Lipinski definition) is 4. The van der Waals surface area contributed by atoms with E-state index in [9.17, 15) is 0 Å². The highest BCUT2D eigenvalue weighted by molar-refractivity contribution is 14.0. The number of benzene rings is 1. The van der Waals surface area contributed by atoms with Gasteiger partial charge in [0.2, 0.25) is 0 Å². The van der Waals surface area contributed by atoms with Crippen LogP contribution in [0.2, 0.25) is 0 Å². The zero-order valence-electron chi connectivity index (χ0n) is 13.9. The van der Waals surface area contributed by atoms with Crippen LogP contribution in [0.25, 0.3) is 0 Å². The van der Waals surface area contributed by atoms with Gasteiger partial charge in [0.25, 0.3) is 0 Å². The Morgan fingerprint density at radius 1 is 1.30 bits per heavy atom. The second-order valence-corrected chi connectivity index (χ2v) is 5.09. The Balaban J connectivity index is 0.00000264. The Hall–Kier alpha value is -1.22. The highest BCUT2D eigenvalue weighted by Crippen LogP contribution is 2.30. The van der Waals surface area contributed by atoms with E-state index in [-0.39, 0.29) is 30.1 Å². The number of methoxy groups -OCH3 is 2. The molecule has 0 amide bonds. The number of guanidine groups is 1. The van der Waals surface area contributed by atoms with Crippen molar-refractivity contribution in [1.82, 2.24) is 10.6 Å². The van der Waals surface area contributed by atoms with Gasteiger partial charge in [-0.2, -0.15) is 0 Å². The highest BCUT2D eigenvalue weighted by Gasteiger charge is 2.15. The van der Waals surface area contributed by atoms with Crippen molar-refractivity contribution in [1.29, 1.82) is 0 Å². The normalized spacial score (nSPS) is 17.3. The van der Waals surface area contributed by atoms with Crippen LogP contribution < -0.4 is 20.1 Å². The predicted molar refractivity (Wildman–Crippen MR) is 102 cm³/mol. The molecule has 0 spiro atoms. The Bertz CT molecular complexity index is 505. The van der Waals surface area contributed by atoms with Crippen LogP contribution in [0.1, 0.15) is 18.4 Å². The Labute approximate surface area is 155 Å². The first-order valence-electron chi connectivity index (χ1n) is 7.54. The molecule has 1 unspecified atom stereocenters. The van der Waals surface area contributed by atoms with Crippen molar-refractivity contribution in [2.24, 2.45) is 4.99 Å². The summed E-state index contributed by atoms with van der Waals surface area (Å²) in [4.78, 5) is 4.23. The Morgan fingerprint density at radius 3 is 2.74 bits per heavy atom. The summed E-state index contributed by atoms with van der Waals surface area (Å²) in [6.07, 6.45) is 2.53. The molecule has 1 aromatic rings. The molecule has 2 N–H and O–H groups in total. The summed E-state index contributed by atoms with van der Waals surface area (Å²) in [5.74, 6) is 2.22. The predicted octanol–water partition coefficient (Wildman–Crippen LogP) is 2.17. The molecule has 0 radical (unpaired) electrons. The summed E-state index contributed by atoms with van der Waals surface area (Å²) >= 11 is 0. The zero-order chi connectivity index (χ0) is 15.8. The molecule has 1 heterocycles. The number of aliphatic imine (C=N–C) groups is 1. The molecule has 1 aliphatic heterocycles. The molecule has 1 fully saturated rings. The molecule has 0 bridgehead atoms.